The molecule has 1 aliphatic heterocycles. The summed E-state index contributed by atoms with van der Waals surface area (Å²) in [7, 11) is 0. The number of terminal acetylenes is 1. The summed E-state index contributed by atoms with van der Waals surface area (Å²) in [4.78, 5) is 14.2. The first kappa shape index (κ1) is 18.8. The van der Waals surface area contributed by atoms with Gasteiger partial charge in [-0.1, -0.05) is 0 Å². The molecule has 22 heavy (non-hydrogen) atoms. The summed E-state index contributed by atoms with van der Waals surface area (Å²) in [5.74, 6) is 2.67. The first-order chi connectivity index (χ1) is 10.3. The van der Waals surface area contributed by atoms with Gasteiger partial charge in [0.1, 0.15) is 5.60 Å². The first-order valence-electron chi connectivity index (χ1n) is 8.50. The quantitative estimate of drug-likeness (QED) is 0.577. The van der Waals surface area contributed by atoms with Gasteiger partial charge in [-0.15, -0.1) is 12.3 Å². The van der Waals surface area contributed by atoms with E-state index in [2.05, 4.69) is 18.2 Å². The van der Waals surface area contributed by atoms with Gasteiger partial charge in [-0.05, 0) is 66.3 Å². The highest BCUT2D eigenvalue weighted by Crippen LogP contribution is 2.24. The third kappa shape index (κ3) is 7.17. The average Bonchev–Trinajstić information content (AvgIpc) is 2.84. The predicted molar refractivity (Wildman–Crippen MR) is 90.7 cm³/mol. The van der Waals surface area contributed by atoms with Gasteiger partial charge in [0.25, 0.3) is 0 Å². The van der Waals surface area contributed by atoms with Gasteiger partial charge in [0.05, 0.1) is 0 Å². The normalized spacial score (nSPS) is 19.8. The fourth-order valence-electron chi connectivity index (χ4n) is 2.83. The van der Waals surface area contributed by atoms with Crippen LogP contribution >= 0.6 is 0 Å². The lowest BCUT2D eigenvalue weighted by atomic mass is 10.1. The molecule has 4 nitrogen and oxygen atoms in total. The largest absolute Gasteiger partial charge is 0.444 e. The van der Waals surface area contributed by atoms with E-state index in [4.69, 9.17) is 11.2 Å². The fraction of sp³-hybridized carbons (Fsp3) is 0.833. The van der Waals surface area contributed by atoms with Gasteiger partial charge in [0, 0.05) is 25.0 Å². The molecule has 0 bridgehead atoms. The monoisotopic (exact) mass is 308 g/mol. The minimum atomic E-state index is -0.425. The molecule has 0 radical (unpaired) electrons. The van der Waals surface area contributed by atoms with E-state index < -0.39 is 5.60 Å². The van der Waals surface area contributed by atoms with Crippen molar-refractivity contribution in [2.24, 2.45) is 0 Å². The molecule has 1 fully saturated rings. The van der Waals surface area contributed by atoms with Crippen LogP contribution in [-0.4, -0.2) is 41.8 Å². The molecule has 0 aromatic rings. The van der Waals surface area contributed by atoms with Crippen molar-refractivity contribution in [3.8, 4) is 12.3 Å². The molecule has 1 amide bonds. The van der Waals surface area contributed by atoms with Crippen LogP contribution in [0.1, 0.15) is 66.2 Å². The number of carbonyl (C=O) groups excluding carboxylic acids is 1. The Balaban J connectivity index is 2.34. The average molecular weight is 308 g/mol. The molecule has 1 aliphatic rings. The van der Waals surface area contributed by atoms with E-state index in [0.717, 1.165) is 51.6 Å². The molecule has 1 saturated heterocycles. The number of amides is 1. The van der Waals surface area contributed by atoms with Crippen LogP contribution in [0.2, 0.25) is 0 Å². The zero-order chi connectivity index (χ0) is 16.6. The maximum absolute atomic E-state index is 12.2. The molecular weight excluding hydrogens is 276 g/mol. The van der Waals surface area contributed by atoms with Crippen molar-refractivity contribution in [1.29, 1.82) is 0 Å². The van der Waals surface area contributed by atoms with Crippen molar-refractivity contribution in [3.05, 3.63) is 0 Å². The lowest BCUT2D eigenvalue weighted by molar-refractivity contribution is 0.0214. The molecule has 1 N–H and O–H groups in total. The molecule has 1 rings (SSSR count). The number of nitrogens with one attached hydrogen (secondary N) is 1. The Morgan fingerprint density at radius 1 is 1.45 bits per heavy atom. The molecule has 2 atom stereocenters. The zero-order valence-corrected chi connectivity index (χ0v) is 14.7. The second kappa shape index (κ2) is 9.05. The van der Waals surface area contributed by atoms with E-state index >= 15 is 0 Å². The van der Waals surface area contributed by atoms with Crippen LogP contribution < -0.4 is 5.32 Å². The van der Waals surface area contributed by atoms with Crippen LogP contribution in [0.5, 0.6) is 0 Å². The highest BCUT2D eigenvalue weighted by atomic mass is 16.6. The summed E-state index contributed by atoms with van der Waals surface area (Å²) in [6.07, 6.45) is 11.2. The summed E-state index contributed by atoms with van der Waals surface area (Å²) >= 11 is 0. The van der Waals surface area contributed by atoms with Crippen molar-refractivity contribution in [2.45, 2.75) is 83.9 Å². The Morgan fingerprint density at radius 3 is 2.82 bits per heavy atom. The minimum absolute atomic E-state index is 0.170. The summed E-state index contributed by atoms with van der Waals surface area (Å²) in [6.45, 7) is 9.73. The van der Waals surface area contributed by atoms with Crippen LogP contribution in [0.15, 0.2) is 0 Å². The Hall–Kier alpha value is -1.21. The van der Waals surface area contributed by atoms with Crippen LogP contribution in [-0.2, 0) is 4.74 Å². The van der Waals surface area contributed by atoms with Crippen LogP contribution in [0.25, 0.3) is 0 Å². The van der Waals surface area contributed by atoms with E-state index in [-0.39, 0.29) is 6.09 Å². The zero-order valence-electron chi connectivity index (χ0n) is 14.7. The Labute approximate surface area is 136 Å². The molecule has 4 heteroatoms. The maximum Gasteiger partial charge on any atom is 0.410 e. The van der Waals surface area contributed by atoms with E-state index in [0.29, 0.717) is 12.1 Å². The van der Waals surface area contributed by atoms with Crippen molar-refractivity contribution in [1.82, 2.24) is 10.2 Å². The van der Waals surface area contributed by atoms with Gasteiger partial charge in [0.2, 0.25) is 0 Å². The van der Waals surface area contributed by atoms with Gasteiger partial charge in [0.15, 0.2) is 0 Å². The molecule has 126 valence electrons. The molecular formula is C18H32N2O2. The van der Waals surface area contributed by atoms with E-state index in [1.54, 1.807) is 0 Å². The smallest absolute Gasteiger partial charge is 0.410 e. The topological polar surface area (TPSA) is 41.6 Å². The number of carbonyl (C=O) groups is 1. The molecule has 2 unspecified atom stereocenters. The Morgan fingerprint density at radius 2 is 2.18 bits per heavy atom. The molecule has 0 aliphatic carbocycles. The number of nitrogens with zero attached hydrogens (tertiary/aromatic N) is 1. The summed E-state index contributed by atoms with van der Waals surface area (Å²) in [5.41, 5.74) is -0.425. The standard InChI is InChI=1S/C18H32N2O2/c1-6-7-8-9-12-19-15(2)14-16-11-10-13-20(16)17(21)22-18(3,4)5/h1,15-16,19H,7-14H2,2-5H3. The van der Waals surface area contributed by atoms with Crippen molar-refractivity contribution >= 4 is 6.09 Å². The number of hydrogen-bond donors (Lipinski definition) is 1. The van der Waals surface area contributed by atoms with Gasteiger partial charge >= 0.3 is 6.09 Å². The molecule has 0 aromatic carbocycles. The number of hydrogen-bond acceptors (Lipinski definition) is 3. The number of unbranched alkanes of at least 4 members (excludes halogenated alkanes) is 2. The second-order valence-electron chi connectivity index (χ2n) is 7.22. The molecule has 1 heterocycles. The van der Waals surface area contributed by atoms with E-state index in [1.807, 2.05) is 25.7 Å². The number of rotatable bonds is 7. The van der Waals surface area contributed by atoms with Crippen molar-refractivity contribution in [3.63, 3.8) is 0 Å². The van der Waals surface area contributed by atoms with Gasteiger partial charge < -0.3 is 15.0 Å². The van der Waals surface area contributed by atoms with Crippen LogP contribution in [0, 0.1) is 12.3 Å². The van der Waals surface area contributed by atoms with Gasteiger partial charge in [-0.25, -0.2) is 4.79 Å². The van der Waals surface area contributed by atoms with Crippen molar-refractivity contribution in [2.75, 3.05) is 13.1 Å². The second-order valence-corrected chi connectivity index (χ2v) is 7.22. The highest BCUT2D eigenvalue weighted by Gasteiger charge is 2.32. The molecule has 0 spiro atoms. The summed E-state index contributed by atoms with van der Waals surface area (Å²) < 4.78 is 5.51. The summed E-state index contributed by atoms with van der Waals surface area (Å²) in [5, 5.41) is 3.53. The minimum Gasteiger partial charge on any atom is -0.444 e. The predicted octanol–water partition coefficient (Wildman–Crippen LogP) is 3.56. The number of ether oxygens (including phenoxy) is 1. The molecule has 0 aromatic heterocycles. The van der Waals surface area contributed by atoms with Crippen LogP contribution in [0.4, 0.5) is 4.79 Å². The highest BCUT2D eigenvalue weighted by molar-refractivity contribution is 5.68. The van der Waals surface area contributed by atoms with E-state index in [1.165, 1.54) is 0 Å². The number of likely N-dealkylation sites (tertiary alicyclic amines) is 1. The lowest BCUT2D eigenvalue weighted by Crippen LogP contribution is -2.42. The fourth-order valence-corrected chi connectivity index (χ4v) is 2.83. The third-order valence-corrected chi connectivity index (χ3v) is 3.87. The molecule has 0 saturated carbocycles. The Kier molecular flexibility index (Phi) is 7.75. The summed E-state index contributed by atoms with van der Waals surface area (Å²) in [6, 6.07) is 0.696. The van der Waals surface area contributed by atoms with Crippen molar-refractivity contribution < 1.29 is 9.53 Å². The SMILES string of the molecule is C#CCCCCNC(C)CC1CCCN1C(=O)OC(C)(C)C. The maximum atomic E-state index is 12.2. The van der Waals surface area contributed by atoms with Gasteiger partial charge in [-0.3, -0.25) is 0 Å². The van der Waals surface area contributed by atoms with Crippen LogP contribution in [0.3, 0.4) is 0 Å². The van der Waals surface area contributed by atoms with E-state index in [9.17, 15) is 4.79 Å². The van der Waals surface area contributed by atoms with Gasteiger partial charge in [-0.2, -0.15) is 0 Å². The third-order valence-electron chi connectivity index (χ3n) is 3.87. The lowest BCUT2D eigenvalue weighted by Gasteiger charge is -2.30. The Bertz CT molecular complexity index is 382. The first-order valence-corrected chi connectivity index (χ1v) is 8.50.